The molecule has 1 atom stereocenters. The van der Waals surface area contributed by atoms with Gasteiger partial charge in [-0.25, -0.2) is 0 Å². The Morgan fingerprint density at radius 2 is 2.12 bits per heavy atom. The SMILES string of the molecule is Cc1cc(C(C)C)ccc1N1CCN[C@@H](C)C1. The Labute approximate surface area is 105 Å². The van der Waals surface area contributed by atoms with Crippen molar-refractivity contribution in [1.29, 1.82) is 0 Å². The van der Waals surface area contributed by atoms with Crippen molar-refractivity contribution in [3.8, 4) is 0 Å². The first-order valence-corrected chi connectivity index (χ1v) is 6.67. The van der Waals surface area contributed by atoms with E-state index in [9.17, 15) is 0 Å². The smallest absolute Gasteiger partial charge is 0.0397 e. The molecule has 0 bridgehead atoms. The van der Waals surface area contributed by atoms with E-state index in [1.54, 1.807) is 0 Å². The van der Waals surface area contributed by atoms with Crippen molar-refractivity contribution in [3.63, 3.8) is 0 Å². The highest BCUT2D eigenvalue weighted by Crippen LogP contribution is 2.25. The summed E-state index contributed by atoms with van der Waals surface area (Å²) in [6.07, 6.45) is 0. The molecule has 94 valence electrons. The first-order valence-electron chi connectivity index (χ1n) is 6.67. The molecule has 0 unspecified atom stereocenters. The van der Waals surface area contributed by atoms with Crippen LogP contribution in [0.15, 0.2) is 18.2 Å². The maximum Gasteiger partial charge on any atom is 0.0397 e. The Morgan fingerprint density at radius 3 is 2.71 bits per heavy atom. The molecule has 1 fully saturated rings. The second kappa shape index (κ2) is 5.09. The first-order chi connectivity index (χ1) is 8.08. The van der Waals surface area contributed by atoms with E-state index in [4.69, 9.17) is 0 Å². The Bertz CT molecular complexity index is 385. The van der Waals surface area contributed by atoms with Crippen LogP contribution in [-0.4, -0.2) is 25.7 Å². The van der Waals surface area contributed by atoms with Crippen molar-refractivity contribution in [2.45, 2.75) is 39.7 Å². The highest BCUT2D eigenvalue weighted by Gasteiger charge is 2.17. The summed E-state index contributed by atoms with van der Waals surface area (Å²) in [5.41, 5.74) is 4.25. The van der Waals surface area contributed by atoms with Gasteiger partial charge < -0.3 is 10.2 Å². The molecule has 1 saturated heterocycles. The van der Waals surface area contributed by atoms with Gasteiger partial charge in [0.25, 0.3) is 0 Å². The molecule has 1 heterocycles. The molecule has 1 aliphatic heterocycles. The van der Waals surface area contributed by atoms with Crippen molar-refractivity contribution in [2.75, 3.05) is 24.5 Å². The Hall–Kier alpha value is -1.02. The van der Waals surface area contributed by atoms with Gasteiger partial charge in [0.05, 0.1) is 0 Å². The van der Waals surface area contributed by atoms with Crippen LogP contribution in [0, 0.1) is 6.92 Å². The first kappa shape index (κ1) is 12.4. The van der Waals surface area contributed by atoms with Crippen molar-refractivity contribution >= 4 is 5.69 Å². The van der Waals surface area contributed by atoms with Crippen LogP contribution in [0.4, 0.5) is 5.69 Å². The lowest BCUT2D eigenvalue weighted by Gasteiger charge is -2.34. The van der Waals surface area contributed by atoms with Crippen LogP contribution in [-0.2, 0) is 0 Å². The van der Waals surface area contributed by atoms with Crippen LogP contribution in [0.25, 0.3) is 0 Å². The summed E-state index contributed by atoms with van der Waals surface area (Å²) in [5.74, 6) is 0.615. The largest absolute Gasteiger partial charge is 0.368 e. The summed E-state index contributed by atoms with van der Waals surface area (Å²) in [6.45, 7) is 12.3. The molecule has 0 saturated carbocycles. The standard InChI is InChI=1S/C15H24N2/c1-11(2)14-5-6-15(12(3)9-14)17-8-7-16-13(4)10-17/h5-6,9,11,13,16H,7-8,10H2,1-4H3/t13-/m0/s1. The number of anilines is 1. The number of nitrogens with one attached hydrogen (secondary N) is 1. The summed E-state index contributed by atoms with van der Waals surface area (Å²) >= 11 is 0. The van der Waals surface area contributed by atoms with Crippen LogP contribution < -0.4 is 10.2 Å². The quantitative estimate of drug-likeness (QED) is 0.843. The molecule has 0 radical (unpaired) electrons. The topological polar surface area (TPSA) is 15.3 Å². The van der Waals surface area contributed by atoms with Crippen LogP contribution in [0.2, 0.25) is 0 Å². The average Bonchev–Trinajstić information content (AvgIpc) is 2.28. The van der Waals surface area contributed by atoms with Gasteiger partial charge in [0, 0.05) is 31.4 Å². The summed E-state index contributed by atoms with van der Waals surface area (Å²) < 4.78 is 0. The third-order valence-electron chi connectivity index (χ3n) is 3.60. The van der Waals surface area contributed by atoms with Crippen LogP contribution in [0.1, 0.15) is 37.8 Å². The number of piperazine rings is 1. The van der Waals surface area contributed by atoms with E-state index in [0.29, 0.717) is 12.0 Å². The lowest BCUT2D eigenvalue weighted by Crippen LogP contribution is -2.49. The van der Waals surface area contributed by atoms with Crippen LogP contribution in [0.3, 0.4) is 0 Å². The zero-order chi connectivity index (χ0) is 12.4. The molecule has 0 spiro atoms. The van der Waals surface area contributed by atoms with E-state index in [0.717, 1.165) is 19.6 Å². The fourth-order valence-corrected chi connectivity index (χ4v) is 2.54. The third kappa shape index (κ3) is 2.81. The highest BCUT2D eigenvalue weighted by atomic mass is 15.2. The normalized spacial score (nSPS) is 21.0. The number of benzene rings is 1. The Morgan fingerprint density at radius 1 is 1.35 bits per heavy atom. The maximum absolute atomic E-state index is 3.49. The number of aryl methyl sites for hydroxylation is 1. The van der Waals surface area contributed by atoms with E-state index in [1.807, 2.05) is 0 Å². The minimum Gasteiger partial charge on any atom is -0.368 e. The Balaban J connectivity index is 2.21. The van der Waals surface area contributed by atoms with Gasteiger partial charge in [0.15, 0.2) is 0 Å². The predicted octanol–water partition coefficient (Wildman–Crippen LogP) is 2.92. The average molecular weight is 232 g/mol. The monoisotopic (exact) mass is 232 g/mol. The fourth-order valence-electron chi connectivity index (χ4n) is 2.54. The molecule has 1 aromatic rings. The molecule has 1 aromatic carbocycles. The van der Waals surface area contributed by atoms with Crippen molar-refractivity contribution < 1.29 is 0 Å². The van der Waals surface area contributed by atoms with Gasteiger partial charge in [-0.05, 0) is 37.0 Å². The van der Waals surface area contributed by atoms with Crippen LogP contribution in [0.5, 0.6) is 0 Å². The van der Waals surface area contributed by atoms with Crippen LogP contribution >= 0.6 is 0 Å². The van der Waals surface area contributed by atoms with E-state index >= 15 is 0 Å². The molecule has 0 aliphatic carbocycles. The molecule has 2 heteroatoms. The molecular formula is C15H24N2. The minimum atomic E-state index is 0.591. The van der Waals surface area contributed by atoms with Gasteiger partial charge in [0.1, 0.15) is 0 Å². The number of hydrogen-bond donors (Lipinski definition) is 1. The fraction of sp³-hybridized carbons (Fsp3) is 0.600. The van der Waals surface area contributed by atoms with Crippen molar-refractivity contribution in [3.05, 3.63) is 29.3 Å². The lowest BCUT2D eigenvalue weighted by molar-refractivity contribution is 0.484. The minimum absolute atomic E-state index is 0.591. The molecular weight excluding hydrogens is 208 g/mol. The number of nitrogens with zero attached hydrogens (tertiary/aromatic N) is 1. The van der Waals surface area contributed by atoms with Crippen molar-refractivity contribution in [2.24, 2.45) is 0 Å². The second-order valence-corrected chi connectivity index (χ2v) is 5.50. The Kier molecular flexibility index (Phi) is 3.72. The van der Waals surface area contributed by atoms with Gasteiger partial charge in [-0.3, -0.25) is 0 Å². The van der Waals surface area contributed by atoms with E-state index < -0.39 is 0 Å². The van der Waals surface area contributed by atoms with E-state index in [1.165, 1.54) is 16.8 Å². The molecule has 1 N–H and O–H groups in total. The van der Waals surface area contributed by atoms with E-state index in [-0.39, 0.29) is 0 Å². The number of rotatable bonds is 2. The van der Waals surface area contributed by atoms with Crippen molar-refractivity contribution in [1.82, 2.24) is 5.32 Å². The molecule has 2 nitrogen and oxygen atoms in total. The lowest BCUT2D eigenvalue weighted by atomic mass is 9.99. The molecule has 0 aromatic heterocycles. The zero-order valence-electron chi connectivity index (χ0n) is 11.5. The summed E-state index contributed by atoms with van der Waals surface area (Å²) in [4.78, 5) is 2.50. The second-order valence-electron chi connectivity index (χ2n) is 5.50. The number of hydrogen-bond acceptors (Lipinski definition) is 2. The molecule has 0 amide bonds. The van der Waals surface area contributed by atoms with Gasteiger partial charge in [-0.1, -0.05) is 26.0 Å². The van der Waals surface area contributed by atoms with Gasteiger partial charge >= 0.3 is 0 Å². The summed E-state index contributed by atoms with van der Waals surface area (Å²) in [5, 5.41) is 3.49. The highest BCUT2D eigenvalue weighted by molar-refractivity contribution is 5.55. The molecule has 1 aliphatic rings. The summed E-state index contributed by atoms with van der Waals surface area (Å²) in [6, 6.07) is 7.50. The van der Waals surface area contributed by atoms with Gasteiger partial charge in [-0.2, -0.15) is 0 Å². The molecule has 17 heavy (non-hydrogen) atoms. The van der Waals surface area contributed by atoms with E-state index in [2.05, 4.69) is 56.1 Å². The van der Waals surface area contributed by atoms with Gasteiger partial charge in [-0.15, -0.1) is 0 Å². The third-order valence-corrected chi connectivity index (χ3v) is 3.60. The maximum atomic E-state index is 3.49. The predicted molar refractivity (Wildman–Crippen MR) is 74.9 cm³/mol. The summed E-state index contributed by atoms with van der Waals surface area (Å²) in [7, 11) is 0. The zero-order valence-corrected chi connectivity index (χ0v) is 11.5. The molecule has 2 rings (SSSR count). The van der Waals surface area contributed by atoms with Gasteiger partial charge in [0.2, 0.25) is 0 Å².